The van der Waals surface area contributed by atoms with Crippen molar-refractivity contribution in [3.05, 3.63) is 58.9 Å². The summed E-state index contributed by atoms with van der Waals surface area (Å²) in [6.07, 6.45) is 2.19. The molecule has 6 heteroatoms. The van der Waals surface area contributed by atoms with E-state index in [0.29, 0.717) is 13.0 Å². The Morgan fingerprint density at radius 3 is 2.78 bits per heavy atom. The molecule has 2 aliphatic rings. The zero-order chi connectivity index (χ0) is 19.0. The quantitative estimate of drug-likeness (QED) is 0.607. The van der Waals surface area contributed by atoms with Crippen molar-refractivity contribution in [3.8, 4) is 0 Å². The number of hydrogen-bond donors (Lipinski definition) is 1. The normalized spacial score (nSPS) is 25.9. The molecule has 2 unspecified atom stereocenters. The van der Waals surface area contributed by atoms with Crippen molar-refractivity contribution in [2.45, 2.75) is 47.7 Å². The van der Waals surface area contributed by atoms with Crippen LogP contribution < -0.4 is 0 Å². The van der Waals surface area contributed by atoms with E-state index in [0.717, 1.165) is 45.0 Å². The molecule has 0 saturated carbocycles. The molecule has 0 spiro atoms. The second-order valence-corrected chi connectivity index (χ2v) is 8.15. The number of benzene rings is 2. The second-order valence-electron chi connectivity index (χ2n) is 7.00. The lowest BCUT2D eigenvalue weighted by molar-refractivity contribution is -0.0650. The molecule has 4 nitrogen and oxygen atoms in total. The van der Waals surface area contributed by atoms with E-state index in [9.17, 15) is 4.39 Å². The van der Waals surface area contributed by atoms with Crippen molar-refractivity contribution in [3.63, 3.8) is 0 Å². The van der Waals surface area contributed by atoms with Crippen molar-refractivity contribution in [2.24, 2.45) is 5.16 Å². The van der Waals surface area contributed by atoms with Gasteiger partial charge >= 0.3 is 0 Å². The molecule has 1 aliphatic heterocycles. The second kappa shape index (κ2) is 7.26. The van der Waals surface area contributed by atoms with Crippen LogP contribution in [0.3, 0.4) is 0 Å². The number of hydrogen-bond acceptors (Lipinski definition) is 5. The average Bonchev–Trinajstić information content (AvgIpc) is 3.24. The van der Waals surface area contributed by atoms with E-state index in [-0.39, 0.29) is 11.9 Å². The predicted octanol–water partition coefficient (Wildman–Crippen LogP) is 4.75. The number of halogens is 1. The Labute approximate surface area is 162 Å². The molecule has 2 atom stereocenters. The van der Waals surface area contributed by atoms with Crippen LogP contribution in [0, 0.1) is 5.82 Å². The topological polar surface area (TPSA) is 51.0 Å². The molecule has 1 N–H and O–H groups in total. The highest BCUT2D eigenvalue weighted by molar-refractivity contribution is 7.99. The summed E-state index contributed by atoms with van der Waals surface area (Å²) in [6.45, 7) is 2.57. The van der Waals surface area contributed by atoms with E-state index in [1.54, 1.807) is 19.2 Å². The van der Waals surface area contributed by atoms with Gasteiger partial charge in [0.05, 0.1) is 18.4 Å². The van der Waals surface area contributed by atoms with Crippen LogP contribution in [-0.4, -0.2) is 30.7 Å². The van der Waals surface area contributed by atoms with E-state index in [1.807, 2.05) is 25.1 Å². The molecular weight excluding hydrogens is 365 g/mol. The SMILES string of the molecule is COC1(c2cc(F)cc(Sc3ccc4c(c3)CCC4=NO)c2)CCOC1C. The van der Waals surface area contributed by atoms with Crippen molar-refractivity contribution in [1.82, 2.24) is 0 Å². The summed E-state index contributed by atoms with van der Waals surface area (Å²) in [7, 11) is 1.66. The monoisotopic (exact) mass is 387 g/mol. The van der Waals surface area contributed by atoms with E-state index in [1.165, 1.54) is 11.8 Å². The molecule has 1 heterocycles. The summed E-state index contributed by atoms with van der Waals surface area (Å²) in [5.41, 5.74) is 3.09. The first-order valence-electron chi connectivity index (χ1n) is 9.05. The minimum absolute atomic E-state index is 0.127. The first-order valence-corrected chi connectivity index (χ1v) is 9.87. The molecule has 0 amide bonds. The van der Waals surface area contributed by atoms with Gasteiger partial charge in [-0.1, -0.05) is 23.0 Å². The zero-order valence-corrected chi connectivity index (χ0v) is 16.2. The third-order valence-electron chi connectivity index (χ3n) is 5.60. The van der Waals surface area contributed by atoms with Crippen LogP contribution in [0.15, 0.2) is 51.3 Å². The molecule has 0 bridgehead atoms. The maximum atomic E-state index is 14.4. The highest BCUT2D eigenvalue weighted by Gasteiger charge is 2.43. The molecule has 1 aliphatic carbocycles. The van der Waals surface area contributed by atoms with Crippen LogP contribution in [0.2, 0.25) is 0 Å². The molecular formula is C21H22FNO3S. The summed E-state index contributed by atoms with van der Waals surface area (Å²) < 4.78 is 25.9. The smallest absolute Gasteiger partial charge is 0.124 e. The van der Waals surface area contributed by atoms with Gasteiger partial charge in [-0.25, -0.2) is 4.39 Å². The van der Waals surface area contributed by atoms with Gasteiger partial charge in [0.25, 0.3) is 0 Å². The predicted molar refractivity (Wildman–Crippen MR) is 102 cm³/mol. The van der Waals surface area contributed by atoms with Gasteiger partial charge in [0, 0.05) is 28.9 Å². The van der Waals surface area contributed by atoms with E-state index >= 15 is 0 Å². The van der Waals surface area contributed by atoms with Gasteiger partial charge < -0.3 is 14.7 Å². The summed E-state index contributed by atoms with van der Waals surface area (Å²) in [5, 5.41) is 12.4. The number of oxime groups is 1. The lowest BCUT2D eigenvalue weighted by atomic mass is 9.87. The van der Waals surface area contributed by atoms with Crippen LogP contribution in [0.25, 0.3) is 0 Å². The molecule has 4 rings (SSSR count). The standard InChI is InChI=1S/C21H22FNO3S/c1-13-21(25-2,7-8-26-13)15-10-16(22)12-18(11-15)27-17-4-5-19-14(9-17)3-6-20(19)23-24/h4-5,9-13,24H,3,6-8H2,1-2H3. The van der Waals surface area contributed by atoms with Gasteiger partial charge in [0.15, 0.2) is 0 Å². The molecule has 2 aromatic rings. The van der Waals surface area contributed by atoms with E-state index in [4.69, 9.17) is 14.7 Å². The minimum atomic E-state index is -0.609. The number of ether oxygens (including phenoxy) is 2. The molecule has 1 saturated heterocycles. The van der Waals surface area contributed by atoms with Crippen LogP contribution in [-0.2, 0) is 21.5 Å². The summed E-state index contributed by atoms with van der Waals surface area (Å²) in [4.78, 5) is 1.86. The van der Waals surface area contributed by atoms with E-state index in [2.05, 4.69) is 11.2 Å². The summed E-state index contributed by atoms with van der Waals surface area (Å²) >= 11 is 1.52. The maximum absolute atomic E-state index is 14.4. The van der Waals surface area contributed by atoms with Gasteiger partial charge in [0.1, 0.15) is 11.4 Å². The Morgan fingerprint density at radius 1 is 1.22 bits per heavy atom. The number of methoxy groups -OCH3 is 1. The van der Waals surface area contributed by atoms with E-state index < -0.39 is 5.60 Å². The molecule has 27 heavy (non-hydrogen) atoms. The third-order valence-corrected chi connectivity index (χ3v) is 6.56. The average molecular weight is 387 g/mol. The highest BCUT2D eigenvalue weighted by atomic mass is 32.2. The van der Waals surface area contributed by atoms with Crippen LogP contribution in [0.5, 0.6) is 0 Å². The maximum Gasteiger partial charge on any atom is 0.124 e. The number of fused-ring (bicyclic) bond motifs is 1. The number of rotatable bonds is 4. The first kappa shape index (κ1) is 18.5. The Morgan fingerprint density at radius 2 is 2.07 bits per heavy atom. The number of aryl methyl sites for hydroxylation is 1. The Balaban J connectivity index is 1.65. The van der Waals surface area contributed by atoms with Gasteiger partial charge in [-0.3, -0.25) is 0 Å². The van der Waals surface area contributed by atoms with Crippen molar-refractivity contribution in [1.29, 1.82) is 0 Å². The Bertz CT molecular complexity index is 901. The third kappa shape index (κ3) is 3.26. The summed E-state index contributed by atoms with van der Waals surface area (Å²) in [6, 6.07) is 11.1. The van der Waals surface area contributed by atoms with Gasteiger partial charge in [-0.05, 0) is 61.2 Å². The molecule has 142 valence electrons. The fraction of sp³-hybridized carbons (Fsp3) is 0.381. The van der Waals surface area contributed by atoms with Crippen molar-refractivity contribution in [2.75, 3.05) is 13.7 Å². The number of nitrogens with zero attached hydrogens (tertiary/aromatic N) is 1. The fourth-order valence-electron chi connectivity index (χ4n) is 4.11. The lowest BCUT2D eigenvalue weighted by Gasteiger charge is -2.31. The Hall–Kier alpha value is -1.89. The van der Waals surface area contributed by atoms with Crippen molar-refractivity contribution >= 4 is 17.5 Å². The van der Waals surface area contributed by atoms with Crippen LogP contribution in [0.4, 0.5) is 4.39 Å². The fourth-order valence-corrected chi connectivity index (χ4v) is 5.07. The zero-order valence-electron chi connectivity index (χ0n) is 15.4. The molecule has 1 fully saturated rings. The lowest BCUT2D eigenvalue weighted by Crippen LogP contribution is -2.35. The molecule has 2 aromatic carbocycles. The minimum Gasteiger partial charge on any atom is -0.411 e. The highest BCUT2D eigenvalue weighted by Crippen LogP contribution is 2.41. The van der Waals surface area contributed by atoms with Crippen LogP contribution in [0.1, 0.15) is 36.5 Å². The Kier molecular flexibility index (Phi) is 4.97. The van der Waals surface area contributed by atoms with Crippen molar-refractivity contribution < 1.29 is 19.1 Å². The largest absolute Gasteiger partial charge is 0.411 e. The van der Waals surface area contributed by atoms with Crippen LogP contribution >= 0.6 is 11.8 Å². The van der Waals surface area contributed by atoms with Gasteiger partial charge in [-0.2, -0.15) is 0 Å². The van der Waals surface area contributed by atoms with Gasteiger partial charge in [-0.15, -0.1) is 0 Å². The molecule has 0 aromatic heterocycles. The molecule has 0 radical (unpaired) electrons. The summed E-state index contributed by atoms with van der Waals surface area (Å²) in [5.74, 6) is -0.276. The van der Waals surface area contributed by atoms with Gasteiger partial charge in [0.2, 0.25) is 0 Å². The first-order chi connectivity index (χ1) is 13.1.